The molecule has 13 heteroatoms. The molecule has 0 saturated carbocycles. The standard InChI is InChI=1S/C35H40N6O5S2/c1-2-27-9-15-30(16-10-27)41-26-21-33(36-28-11-17-31(18-12-28)47(43,44)39-22-5-3-6-23-39)34(38-41)35(42)37-29-13-19-32(20-14-29)48(45,46)40-24-7-4-8-25-40/h9-21,26H,2-8,22-25H2,1H3,(H,37,42). The highest BCUT2D eigenvalue weighted by molar-refractivity contribution is 7.89. The molecule has 2 fully saturated rings. The number of rotatable bonds is 9. The average Bonchev–Trinajstić information content (AvgIpc) is 3.13. The summed E-state index contributed by atoms with van der Waals surface area (Å²) in [5.41, 5.74) is 2.82. The molecule has 2 saturated heterocycles. The summed E-state index contributed by atoms with van der Waals surface area (Å²) in [6, 6.07) is 22.0. The molecular weight excluding hydrogens is 649 g/mol. The highest BCUT2D eigenvalue weighted by Crippen LogP contribution is 2.24. The fourth-order valence-electron chi connectivity index (χ4n) is 5.93. The summed E-state index contributed by atoms with van der Waals surface area (Å²) in [5, 5.41) is 7.75. The maximum atomic E-state index is 13.7. The SMILES string of the molecule is CCc1ccc(-n2ccc(=Nc3ccc(S(=O)(=O)N4CCCCC4)cc3)c(C(=O)Nc3ccc(S(=O)(=O)N4CCCCC4)cc3)n2)cc1. The number of hydrogen-bond acceptors (Lipinski definition) is 7. The van der Waals surface area contributed by atoms with Crippen molar-refractivity contribution < 1.29 is 21.6 Å². The van der Waals surface area contributed by atoms with Crippen molar-refractivity contribution in [2.24, 2.45) is 4.99 Å². The fraction of sp³-hybridized carbons (Fsp3) is 0.343. The third kappa shape index (κ3) is 7.44. The Kier molecular flexibility index (Phi) is 10.2. The number of nitrogens with zero attached hydrogens (tertiary/aromatic N) is 5. The predicted octanol–water partition coefficient (Wildman–Crippen LogP) is 5.27. The summed E-state index contributed by atoms with van der Waals surface area (Å²) in [5.74, 6) is -0.538. The first-order valence-corrected chi connectivity index (χ1v) is 19.3. The fourth-order valence-corrected chi connectivity index (χ4v) is 8.97. The van der Waals surface area contributed by atoms with Crippen LogP contribution in [-0.2, 0) is 26.5 Å². The van der Waals surface area contributed by atoms with Gasteiger partial charge in [-0.15, -0.1) is 0 Å². The van der Waals surface area contributed by atoms with Crippen LogP contribution in [0.3, 0.4) is 0 Å². The van der Waals surface area contributed by atoms with E-state index in [0.29, 0.717) is 37.6 Å². The van der Waals surface area contributed by atoms with Crippen LogP contribution in [0.1, 0.15) is 61.5 Å². The Morgan fingerprint density at radius 3 is 1.75 bits per heavy atom. The number of carbonyl (C=O) groups is 1. The zero-order valence-electron chi connectivity index (χ0n) is 27.0. The van der Waals surface area contributed by atoms with Gasteiger partial charge in [0.2, 0.25) is 20.0 Å². The van der Waals surface area contributed by atoms with Crippen LogP contribution in [0.15, 0.2) is 99.8 Å². The molecule has 0 aliphatic carbocycles. The lowest BCUT2D eigenvalue weighted by Gasteiger charge is -2.25. The number of carbonyl (C=O) groups excluding carboxylic acids is 1. The van der Waals surface area contributed by atoms with Crippen LogP contribution >= 0.6 is 0 Å². The molecule has 1 N–H and O–H groups in total. The van der Waals surface area contributed by atoms with Crippen LogP contribution in [0.4, 0.5) is 11.4 Å². The molecule has 0 radical (unpaired) electrons. The zero-order chi connectivity index (χ0) is 33.7. The molecule has 0 spiro atoms. The number of piperidine rings is 2. The number of aromatic nitrogens is 2. The van der Waals surface area contributed by atoms with Gasteiger partial charge in [0.1, 0.15) is 0 Å². The number of hydrogen-bond donors (Lipinski definition) is 1. The second-order valence-corrected chi connectivity index (χ2v) is 15.9. The summed E-state index contributed by atoms with van der Waals surface area (Å²) in [6.45, 7) is 4.11. The van der Waals surface area contributed by atoms with E-state index in [4.69, 9.17) is 0 Å². The smallest absolute Gasteiger partial charge is 0.278 e. The van der Waals surface area contributed by atoms with Crippen LogP contribution in [-0.4, -0.2) is 67.3 Å². The third-order valence-electron chi connectivity index (χ3n) is 8.75. The van der Waals surface area contributed by atoms with Gasteiger partial charge in [0.15, 0.2) is 5.69 Å². The first-order chi connectivity index (χ1) is 23.1. The highest BCUT2D eigenvalue weighted by atomic mass is 32.2. The Labute approximate surface area is 282 Å². The number of aryl methyl sites for hydroxylation is 1. The van der Waals surface area contributed by atoms with Gasteiger partial charge in [-0.1, -0.05) is 31.9 Å². The van der Waals surface area contributed by atoms with Crippen molar-refractivity contribution in [3.8, 4) is 5.69 Å². The van der Waals surface area contributed by atoms with E-state index in [9.17, 15) is 21.6 Å². The van der Waals surface area contributed by atoms with Crippen molar-refractivity contribution in [1.82, 2.24) is 18.4 Å². The third-order valence-corrected chi connectivity index (χ3v) is 12.6. The van der Waals surface area contributed by atoms with Crippen LogP contribution in [0.5, 0.6) is 0 Å². The lowest BCUT2D eigenvalue weighted by atomic mass is 10.1. The minimum Gasteiger partial charge on any atom is -0.321 e. The summed E-state index contributed by atoms with van der Waals surface area (Å²) >= 11 is 0. The normalized spacial score (nSPS) is 16.9. The van der Waals surface area contributed by atoms with Gasteiger partial charge < -0.3 is 5.32 Å². The Hall–Kier alpha value is -4.17. The topological polar surface area (TPSA) is 134 Å². The van der Waals surface area contributed by atoms with E-state index in [1.54, 1.807) is 41.2 Å². The maximum Gasteiger partial charge on any atom is 0.278 e. The highest BCUT2D eigenvalue weighted by Gasteiger charge is 2.27. The number of anilines is 1. The monoisotopic (exact) mass is 688 g/mol. The quantitative estimate of drug-likeness (QED) is 0.255. The molecule has 0 unspecified atom stereocenters. The van der Waals surface area contributed by atoms with Gasteiger partial charge in [-0.05, 0) is 104 Å². The molecule has 2 aliphatic rings. The number of sulfonamides is 2. The van der Waals surface area contributed by atoms with E-state index in [1.807, 2.05) is 24.3 Å². The van der Waals surface area contributed by atoms with Crippen molar-refractivity contribution in [3.05, 3.63) is 102 Å². The second-order valence-electron chi connectivity index (χ2n) is 12.0. The molecule has 0 bridgehead atoms. The molecule has 6 rings (SSSR count). The van der Waals surface area contributed by atoms with Crippen LogP contribution in [0.2, 0.25) is 0 Å². The first kappa shape index (κ1) is 33.7. The van der Waals surface area contributed by atoms with Crippen molar-refractivity contribution in [3.63, 3.8) is 0 Å². The van der Waals surface area contributed by atoms with Gasteiger partial charge in [-0.25, -0.2) is 26.5 Å². The molecule has 3 aromatic carbocycles. The molecule has 0 atom stereocenters. The zero-order valence-corrected chi connectivity index (χ0v) is 28.6. The minimum atomic E-state index is -3.61. The van der Waals surface area contributed by atoms with E-state index < -0.39 is 26.0 Å². The first-order valence-electron chi connectivity index (χ1n) is 16.4. The lowest BCUT2D eigenvalue weighted by Crippen LogP contribution is -2.35. The van der Waals surface area contributed by atoms with Gasteiger partial charge in [-0.2, -0.15) is 13.7 Å². The van der Waals surface area contributed by atoms with Gasteiger partial charge >= 0.3 is 0 Å². The van der Waals surface area contributed by atoms with Crippen molar-refractivity contribution >= 4 is 37.3 Å². The summed E-state index contributed by atoms with van der Waals surface area (Å²) in [4.78, 5) is 18.8. The molecule has 2 aliphatic heterocycles. The maximum absolute atomic E-state index is 13.7. The van der Waals surface area contributed by atoms with Crippen LogP contribution < -0.4 is 10.7 Å². The van der Waals surface area contributed by atoms with Gasteiger partial charge in [0, 0.05) is 38.1 Å². The van der Waals surface area contributed by atoms with Crippen LogP contribution in [0.25, 0.3) is 5.69 Å². The molecule has 11 nitrogen and oxygen atoms in total. The number of amides is 1. The second kappa shape index (κ2) is 14.5. The number of benzene rings is 3. The van der Waals surface area contributed by atoms with E-state index in [1.165, 1.54) is 38.4 Å². The van der Waals surface area contributed by atoms with Crippen molar-refractivity contribution in [2.75, 3.05) is 31.5 Å². The molecule has 1 aromatic heterocycles. The number of nitrogens with one attached hydrogen (secondary N) is 1. The van der Waals surface area contributed by atoms with Gasteiger partial charge in [0.05, 0.1) is 26.5 Å². The Morgan fingerprint density at radius 1 is 0.708 bits per heavy atom. The molecular formula is C35H40N6O5S2. The Bertz CT molecular complexity index is 2030. The average molecular weight is 689 g/mol. The summed E-state index contributed by atoms with van der Waals surface area (Å²) in [7, 11) is -7.21. The van der Waals surface area contributed by atoms with Gasteiger partial charge in [0.25, 0.3) is 5.91 Å². The van der Waals surface area contributed by atoms with Crippen molar-refractivity contribution in [2.45, 2.75) is 61.7 Å². The largest absolute Gasteiger partial charge is 0.321 e. The molecule has 252 valence electrons. The lowest BCUT2D eigenvalue weighted by molar-refractivity contribution is 0.101. The molecule has 48 heavy (non-hydrogen) atoms. The Morgan fingerprint density at radius 2 is 1.23 bits per heavy atom. The van der Waals surface area contributed by atoms with Crippen molar-refractivity contribution in [1.29, 1.82) is 0 Å². The van der Waals surface area contributed by atoms with Crippen LogP contribution in [0, 0.1) is 0 Å². The molecule has 3 heterocycles. The predicted molar refractivity (Wildman–Crippen MR) is 184 cm³/mol. The Balaban J connectivity index is 1.30. The van der Waals surface area contributed by atoms with E-state index in [2.05, 4.69) is 22.3 Å². The van der Waals surface area contributed by atoms with E-state index in [0.717, 1.165) is 50.6 Å². The van der Waals surface area contributed by atoms with Gasteiger partial charge in [-0.3, -0.25) is 4.79 Å². The summed E-state index contributed by atoms with van der Waals surface area (Å²) in [6.07, 6.45) is 8.04. The van der Waals surface area contributed by atoms with E-state index in [-0.39, 0.29) is 20.8 Å². The van der Waals surface area contributed by atoms with E-state index >= 15 is 0 Å². The molecule has 4 aromatic rings. The molecule has 1 amide bonds. The minimum absolute atomic E-state index is 0.0343. The summed E-state index contributed by atoms with van der Waals surface area (Å²) < 4.78 is 57.1.